The number of amides is 2. The van der Waals surface area contributed by atoms with Gasteiger partial charge in [-0.3, -0.25) is 14.6 Å². The molecule has 2 aliphatic rings. The summed E-state index contributed by atoms with van der Waals surface area (Å²) in [4.78, 5) is 34.6. The molecule has 11 nitrogen and oxygen atoms in total. The van der Waals surface area contributed by atoms with Gasteiger partial charge in [0, 0.05) is 62.1 Å². The van der Waals surface area contributed by atoms with Crippen LogP contribution in [0.15, 0.2) is 54.9 Å². The number of carbonyl (C=O) groups excluding carboxylic acids is 2. The van der Waals surface area contributed by atoms with E-state index in [0.717, 1.165) is 17.9 Å². The van der Waals surface area contributed by atoms with Gasteiger partial charge in [0.05, 0.1) is 56.0 Å². The van der Waals surface area contributed by atoms with E-state index >= 15 is 0 Å². The molecule has 0 spiro atoms. The molecular formula is C34H41Cl2N5O6. The number of anilines is 2. The van der Waals surface area contributed by atoms with Crippen LogP contribution in [0.1, 0.15) is 35.2 Å². The molecule has 2 aromatic carbocycles. The fourth-order valence-electron chi connectivity index (χ4n) is 5.32. The number of rotatable bonds is 18. The topological polar surface area (TPSA) is 128 Å². The summed E-state index contributed by atoms with van der Waals surface area (Å²) in [7, 11) is 0. The fraction of sp³-hybridized carbons (Fsp3) is 0.441. The van der Waals surface area contributed by atoms with Crippen molar-refractivity contribution in [3.63, 3.8) is 0 Å². The number of nitrogens with one attached hydrogen (secondary N) is 1. The number of fused-ring (bicyclic) bond motifs is 1. The van der Waals surface area contributed by atoms with E-state index in [2.05, 4.69) is 21.3 Å². The van der Waals surface area contributed by atoms with Crippen LogP contribution in [0.5, 0.6) is 11.5 Å². The van der Waals surface area contributed by atoms with Crippen molar-refractivity contribution in [1.29, 1.82) is 0 Å². The van der Waals surface area contributed by atoms with E-state index in [1.807, 2.05) is 18.2 Å². The third-order valence-corrected chi connectivity index (χ3v) is 8.45. The van der Waals surface area contributed by atoms with Crippen LogP contribution in [0.3, 0.4) is 0 Å². The molecule has 1 aliphatic heterocycles. The van der Waals surface area contributed by atoms with Crippen molar-refractivity contribution in [2.75, 3.05) is 75.6 Å². The Balaban J connectivity index is 1.11. The maximum Gasteiger partial charge on any atom is 0.263 e. The summed E-state index contributed by atoms with van der Waals surface area (Å²) in [5, 5.41) is 3.55. The lowest BCUT2D eigenvalue weighted by atomic mass is 10.1. The summed E-state index contributed by atoms with van der Waals surface area (Å²) in [5.74, 6) is 0.286. The van der Waals surface area contributed by atoms with Crippen LogP contribution < -0.4 is 25.6 Å². The van der Waals surface area contributed by atoms with Crippen LogP contribution in [0.2, 0.25) is 10.0 Å². The molecule has 0 atom stereocenters. The molecule has 2 heterocycles. The number of hydrogen-bond donors (Lipinski definition) is 2. The van der Waals surface area contributed by atoms with E-state index in [4.69, 9.17) is 47.9 Å². The normalized spacial score (nSPS) is 14.2. The summed E-state index contributed by atoms with van der Waals surface area (Å²) in [6.45, 7) is 4.95. The van der Waals surface area contributed by atoms with Crippen LogP contribution in [0, 0.1) is 0 Å². The number of ether oxygens (including phenoxy) is 4. The molecule has 1 aliphatic carbocycles. The highest BCUT2D eigenvalue weighted by Crippen LogP contribution is 2.41. The van der Waals surface area contributed by atoms with Crippen molar-refractivity contribution < 1.29 is 28.5 Å². The highest BCUT2D eigenvalue weighted by Gasteiger charge is 2.36. The average Bonchev–Trinajstić information content (AvgIpc) is 3.93. The number of benzene rings is 2. The van der Waals surface area contributed by atoms with E-state index in [0.29, 0.717) is 104 Å². The maximum absolute atomic E-state index is 13.9. The molecule has 0 radical (unpaired) electrons. The van der Waals surface area contributed by atoms with Gasteiger partial charge in [-0.05, 0) is 49.1 Å². The monoisotopic (exact) mass is 685 g/mol. The second-order valence-corrected chi connectivity index (χ2v) is 12.0. The van der Waals surface area contributed by atoms with Crippen LogP contribution in [-0.4, -0.2) is 88.7 Å². The number of nitrogens with zero attached hydrogens (tertiary/aromatic N) is 3. The molecule has 47 heavy (non-hydrogen) atoms. The van der Waals surface area contributed by atoms with Crippen molar-refractivity contribution in [1.82, 2.24) is 10.3 Å². The van der Waals surface area contributed by atoms with Crippen molar-refractivity contribution in [2.45, 2.75) is 31.7 Å². The largest absolute Gasteiger partial charge is 0.455 e. The Morgan fingerprint density at radius 3 is 2.36 bits per heavy atom. The molecule has 252 valence electrons. The van der Waals surface area contributed by atoms with Gasteiger partial charge in [0.1, 0.15) is 17.1 Å². The smallest absolute Gasteiger partial charge is 0.263 e. The maximum atomic E-state index is 13.9. The van der Waals surface area contributed by atoms with Gasteiger partial charge in [-0.1, -0.05) is 35.3 Å². The number of carbonyl (C=O) groups is 2. The SMILES string of the molecule is NCCOCCOCCOCCNC(=O)CCc1cc(Cl)c(Oc2ccncc2C(=O)N2CCN(C3CC3)c3ccccc32)cc1Cl. The van der Waals surface area contributed by atoms with Gasteiger partial charge in [0.25, 0.3) is 5.91 Å². The Kier molecular flexibility index (Phi) is 13.1. The van der Waals surface area contributed by atoms with Gasteiger partial charge < -0.3 is 39.8 Å². The van der Waals surface area contributed by atoms with E-state index in [1.165, 1.54) is 19.0 Å². The first kappa shape index (κ1) is 34.9. The minimum absolute atomic E-state index is 0.131. The van der Waals surface area contributed by atoms with E-state index in [9.17, 15) is 9.59 Å². The van der Waals surface area contributed by atoms with Gasteiger partial charge in [-0.2, -0.15) is 0 Å². The molecule has 0 unspecified atom stereocenters. The molecule has 0 saturated heterocycles. The molecule has 1 saturated carbocycles. The Hall–Kier alpha value is -3.45. The second kappa shape index (κ2) is 17.6. The zero-order chi connectivity index (χ0) is 33.0. The van der Waals surface area contributed by atoms with Gasteiger partial charge in [0.2, 0.25) is 5.91 Å². The van der Waals surface area contributed by atoms with E-state index < -0.39 is 0 Å². The number of para-hydroxylation sites is 2. The second-order valence-electron chi connectivity index (χ2n) is 11.2. The van der Waals surface area contributed by atoms with Crippen LogP contribution in [0.25, 0.3) is 0 Å². The standard InChI is InChI=1S/C34H41Cl2N5O6/c35-27-22-32(28(36)21-24(27)5-8-33(42)39-12-16-45-18-20-46-19-17-44-15-10-37)47-31-9-11-38-23-26(31)34(43)41-14-13-40(25-6-7-25)29-3-1-2-4-30(29)41/h1-4,9,11,21-23,25H,5-8,10,12-20,37H2,(H,39,42). The van der Waals surface area contributed by atoms with Crippen LogP contribution in [-0.2, 0) is 25.4 Å². The Morgan fingerprint density at radius 1 is 0.894 bits per heavy atom. The summed E-state index contributed by atoms with van der Waals surface area (Å²) in [5.41, 5.74) is 8.32. The molecule has 5 rings (SSSR count). The summed E-state index contributed by atoms with van der Waals surface area (Å²) in [6.07, 6.45) is 6.04. The lowest BCUT2D eigenvalue weighted by Crippen LogP contribution is -2.45. The number of halogens is 2. The van der Waals surface area contributed by atoms with Crippen molar-refractivity contribution in [3.8, 4) is 11.5 Å². The van der Waals surface area contributed by atoms with E-state index in [1.54, 1.807) is 29.3 Å². The predicted octanol–water partition coefficient (Wildman–Crippen LogP) is 4.87. The highest BCUT2D eigenvalue weighted by atomic mass is 35.5. The van der Waals surface area contributed by atoms with Gasteiger partial charge in [0.15, 0.2) is 0 Å². The first-order chi connectivity index (χ1) is 23.0. The highest BCUT2D eigenvalue weighted by molar-refractivity contribution is 6.34. The number of aryl methyl sites for hydroxylation is 1. The van der Waals surface area contributed by atoms with Crippen LogP contribution in [0.4, 0.5) is 11.4 Å². The molecule has 1 fully saturated rings. The molecule has 3 aromatic rings. The number of hydrogen-bond acceptors (Lipinski definition) is 9. The number of aromatic nitrogens is 1. The van der Waals surface area contributed by atoms with Crippen molar-refractivity contribution >= 4 is 46.4 Å². The molecule has 1 aromatic heterocycles. The average molecular weight is 687 g/mol. The summed E-state index contributed by atoms with van der Waals surface area (Å²) in [6, 6.07) is 13.5. The third-order valence-electron chi connectivity index (χ3n) is 7.81. The van der Waals surface area contributed by atoms with Crippen molar-refractivity contribution in [3.05, 3.63) is 76.0 Å². The predicted molar refractivity (Wildman–Crippen MR) is 182 cm³/mol. The molecule has 2 amide bonds. The molecule has 3 N–H and O–H groups in total. The number of pyridine rings is 1. The van der Waals surface area contributed by atoms with E-state index in [-0.39, 0.29) is 18.2 Å². The fourth-order valence-corrected chi connectivity index (χ4v) is 5.79. The lowest BCUT2D eigenvalue weighted by Gasteiger charge is -2.38. The Morgan fingerprint density at radius 2 is 1.62 bits per heavy atom. The van der Waals surface area contributed by atoms with Gasteiger partial charge in [-0.25, -0.2) is 0 Å². The minimum atomic E-state index is -0.205. The quantitative estimate of drug-likeness (QED) is 0.180. The van der Waals surface area contributed by atoms with Crippen molar-refractivity contribution in [2.24, 2.45) is 5.73 Å². The summed E-state index contributed by atoms with van der Waals surface area (Å²) < 4.78 is 22.3. The first-order valence-corrected chi connectivity index (χ1v) is 16.7. The summed E-state index contributed by atoms with van der Waals surface area (Å²) >= 11 is 13.2. The first-order valence-electron chi connectivity index (χ1n) is 15.9. The molecule has 13 heteroatoms. The van der Waals surface area contributed by atoms with Crippen LogP contribution >= 0.6 is 23.2 Å². The zero-order valence-corrected chi connectivity index (χ0v) is 27.8. The van der Waals surface area contributed by atoms with Gasteiger partial charge in [-0.15, -0.1) is 0 Å². The number of nitrogens with two attached hydrogens (primary N) is 1. The third kappa shape index (κ3) is 9.79. The Labute approximate surface area is 285 Å². The minimum Gasteiger partial charge on any atom is -0.455 e. The van der Waals surface area contributed by atoms with Gasteiger partial charge >= 0.3 is 0 Å². The Bertz CT molecular complexity index is 1510. The lowest BCUT2D eigenvalue weighted by molar-refractivity contribution is -0.121. The zero-order valence-electron chi connectivity index (χ0n) is 26.3. The molecular weight excluding hydrogens is 645 g/mol. The molecule has 0 bridgehead atoms.